The molecule has 15 heavy (non-hydrogen) atoms. The van der Waals surface area contributed by atoms with Crippen molar-refractivity contribution in [1.82, 2.24) is 0 Å². The van der Waals surface area contributed by atoms with Gasteiger partial charge >= 0.3 is 0 Å². The van der Waals surface area contributed by atoms with Gasteiger partial charge in [-0.05, 0) is 41.7 Å². The maximum Gasteiger partial charge on any atom is -0.00411 e. The highest BCUT2D eigenvalue weighted by Crippen LogP contribution is 2.49. The van der Waals surface area contributed by atoms with Gasteiger partial charge in [0.15, 0.2) is 0 Å². The predicted octanol–water partition coefficient (Wildman–Crippen LogP) is 4.08. The van der Waals surface area contributed by atoms with Crippen LogP contribution in [-0.4, -0.2) is 0 Å². The quantitative estimate of drug-likeness (QED) is 0.592. The van der Waals surface area contributed by atoms with Gasteiger partial charge in [-0.1, -0.05) is 50.5 Å². The van der Waals surface area contributed by atoms with Crippen LogP contribution in [0, 0.1) is 5.92 Å². The lowest BCUT2D eigenvalue weighted by atomic mass is 9.73. The molecule has 80 valence electrons. The average molecular weight is 200 g/mol. The van der Waals surface area contributed by atoms with Crippen molar-refractivity contribution in [1.29, 1.82) is 0 Å². The molecule has 2 aliphatic rings. The highest BCUT2D eigenvalue weighted by atomic mass is 14.5. The number of fused-ring (bicyclic) bond motifs is 3. The van der Waals surface area contributed by atoms with E-state index in [9.17, 15) is 0 Å². The van der Waals surface area contributed by atoms with Crippen molar-refractivity contribution in [2.75, 3.05) is 0 Å². The number of benzene rings is 1. The molecule has 0 spiro atoms. The molecule has 0 heterocycles. The molecule has 1 aromatic carbocycles. The van der Waals surface area contributed by atoms with Crippen LogP contribution < -0.4 is 0 Å². The zero-order valence-electron chi connectivity index (χ0n) is 9.63. The second-order valence-electron chi connectivity index (χ2n) is 5.57. The SMILES string of the molecule is CC12CCCCCC1Cc1ccccc12. The van der Waals surface area contributed by atoms with E-state index in [-0.39, 0.29) is 0 Å². The summed E-state index contributed by atoms with van der Waals surface area (Å²) < 4.78 is 0. The topological polar surface area (TPSA) is 0 Å². The van der Waals surface area contributed by atoms with Crippen molar-refractivity contribution in [2.24, 2.45) is 5.92 Å². The molecule has 0 amide bonds. The molecule has 0 aromatic heterocycles. The van der Waals surface area contributed by atoms with Gasteiger partial charge in [0, 0.05) is 0 Å². The molecule has 0 bridgehead atoms. The molecule has 0 nitrogen and oxygen atoms in total. The molecule has 1 fully saturated rings. The Morgan fingerprint density at radius 3 is 2.93 bits per heavy atom. The molecule has 0 N–H and O–H groups in total. The van der Waals surface area contributed by atoms with Crippen LogP contribution in [0.5, 0.6) is 0 Å². The minimum Gasteiger partial charge on any atom is -0.0620 e. The summed E-state index contributed by atoms with van der Waals surface area (Å²) in [6.45, 7) is 2.51. The Morgan fingerprint density at radius 2 is 2.00 bits per heavy atom. The summed E-state index contributed by atoms with van der Waals surface area (Å²) in [6.07, 6.45) is 8.54. The van der Waals surface area contributed by atoms with Gasteiger partial charge in [-0.25, -0.2) is 0 Å². The largest absolute Gasteiger partial charge is 0.0620 e. The van der Waals surface area contributed by atoms with Crippen molar-refractivity contribution in [3.63, 3.8) is 0 Å². The third-order valence-corrected chi connectivity index (χ3v) is 4.75. The van der Waals surface area contributed by atoms with Gasteiger partial charge in [-0.2, -0.15) is 0 Å². The zero-order valence-corrected chi connectivity index (χ0v) is 9.63. The van der Waals surface area contributed by atoms with E-state index < -0.39 is 0 Å². The lowest BCUT2D eigenvalue weighted by molar-refractivity contribution is 0.301. The van der Waals surface area contributed by atoms with E-state index in [2.05, 4.69) is 31.2 Å². The van der Waals surface area contributed by atoms with E-state index in [1.165, 1.54) is 38.5 Å². The molecule has 0 saturated heterocycles. The summed E-state index contributed by atoms with van der Waals surface area (Å²) in [4.78, 5) is 0. The monoisotopic (exact) mass is 200 g/mol. The number of rotatable bonds is 0. The minimum atomic E-state index is 0.507. The normalized spacial score (nSPS) is 34.3. The van der Waals surface area contributed by atoms with E-state index in [0.29, 0.717) is 5.41 Å². The van der Waals surface area contributed by atoms with Gasteiger partial charge in [0.25, 0.3) is 0 Å². The van der Waals surface area contributed by atoms with E-state index in [1.54, 1.807) is 11.1 Å². The van der Waals surface area contributed by atoms with Crippen LogP contribution >= 0.6 is 0 Å². The zero-order chi connectivity index (χ0) is 10.3. The first-order valence-electron chi connectivity index (χ1n) is 6.39. The Morgan fingerprint density at radius 1 is 1.13 bits per heavy atom. The average Bonchev–Trinajstić information content (AvgIpc) is 2.41. The van der Waals surface area contributed by atoms with Gasteiger partial charge in [-0.15, -0.1) is 0 Å². The lowest BCUT2D eigenvalue weighted by Crippen LogP contribution is -2.26. The molecule has 1 aromatic rings. The lowest BCUT2D eigenvalue weighted by Gasteiger charge is -2.31. The van der Waals surface area contributed by atoms with Crippen molar-refractivity contribution in [3.8, 4) is 0 Å². The van der Waals surface area contributed by atoms with E-state index in [0.717, 1.165) is 5.92 Å². The Labute approximate surface area is 92.7 Å². The van der Waals surface area contributed by atoms with Crippen LogP contribution in [0.3, 0.4) is 0 Å². The third kappa shape index (κ3) is 1.34. The molecule has 1 saturated carbocycles. The first-order valence-corrected chi connectivity index (χ1v) is 6.39. The van der Waals surface area contributed by atoms with Gasteiger partial charge in [0.1, 0.15) is 0 Å². The van der Waals surface area contributed by atoms with Crippen LogP contribution in [-0.2, 0) is 11.8 Å². The summed E-state index contributed by atoms with van der Waals surface area (Å²) in [5.41, 5.74) is 3.80. The molecule has 2 atom stereocenters. The molecule has 3 rings (SSSR count). The van der Waals surface area contributed by atoms with Crippen LogP contribution in [0.2, 0.25) is 0 Å². The molecular formula is C15H20. The van der Waals surface area contributed by atoms with Crippen molar-refractivity contribution >= 4 is 0 Å². The smallest absolute Gasteiger partial charge is 0.00411 e. The van der Waals surface area contributed by atoms with Gasteiger partial charge in [0.05, 0.1) is 0 Å². The van der Waals surface area contributed by atoms with E-state index in [4.69, 9.17) is 0 Å². The highest BCUT2D eigenvalue weighted by Gasteiger charge is 2.42. The second-order valence-corrected chi connectivity index (χ2v) is 5.57. The summed E-state index contributed by atoms with van der Waals surface area (Å²) >= 11 is 0. The molecule has 2 aliphatic carbocycles. The molecule has 2 unspecified atom stereocenters. The third-order valence-electron chi connectivity index (χ3n) is 4.75. The highest BCUT2D eigenvalue weighted by molar-refractivity contribution is 5.40. The van der Waals surface area contributed by atoms with Crippen molar-refractivity contribution in [2.45, 2.75) is 50.9 Å². The van der Waals surface area contributed by atoms with Crippen LogP contribution in [0.15, 0.2) is 24.3 Å². The number of hydrogen-bond donors (Lipinski definition) is 0. The molecular weight excluding hydrogens is 180 g/mol. The van der Waals surface area contributed by atoms with E-state index >= 15 is 0 Å². The Bertz CT molecular complexity index is 366. The fourth-order valence-electron chi connectivity index (χ4n) is 3.79. The summed E-state index contributed by atoms with van der Waals surface area (Å²) in [7, 11) is 0. The maximum absolute atomic E-state index is 2.51. The van der Waals surface area contributed by atoms with Gasteiger partial charge in [-0.3, -0.25) is 0 Å². The summed E-state index contributed by atoms with van der Waals surface area (Å²) in [5, 5.41) is 0. The Kier molecular flexibility index (Phi) is 2.12. The Balaban J connectivity index is 2.06. The summed E-state index contributed by atoms with van der Waals surface area (Å²) in [6, 6.07) is 9.14. The predicted molar refractivity (Wildman–Crippen MR) is 64.1 cm³/mol. The summed E-state index contributed by atoms with van der Waals surface area (Å²) in [5.74, 6) is 0.928. The first-order chi connectivity index (χ1) is 7.31. The minimum absolute atomic E-state index is 0.507. The fourth-order valence-corrected chi connectivity index (χ4v) is 3.79. The van der Waals surface area contributed by atoms with Crippen molar-refractivity contribution < 1.29 is 0 Å². The Hall–Kier alpha value is -0.780. The van der Waals surface area contributed by atoms with Gasteiger partial charge in [0.2, 0.25) is 0 Å². The second kappa shape index (κ2) is 3.37. The van der Waals surface area contributed by atoms with E-state index in [1.807, 2.05) is 0 Å². The van der Waals surface area contributed by atoms with Crippen LogP contribution in [0.1, 0.15) is 50.2 Å². The fraction of sp³-hybridized carbons (Fsp3) is 0.600. The molecule has 0 radical (unpaired) electrons. The van der Waals surface area contributed by atoms with Crippen molar-refractivity contribution in [3.05, 3.63) is 35.4 Å². The standard InChI is InChI=1S/C15H20/c1-15-10-6-2-3-8-13(15)11-12-7-4-5-9-14(12)15/h4-5,7,9,13H,2-3,6,8,10-11H2,1H3. The molecule has 0 heteroatoms. The maximum atomic E-state index is 2.51. The van der Waals surface area contributed by atoms with Gasteiger partial charge < -0.3 is 0 Å². The van der Waals surface area contributed by atoms with Crippen LogP contribution in [0.25, 0.3) is 0 Å². The first kappa shape index (κ1) is 9.45. The molecule has 0 aliphatic heterocycles. The van der Waals surface area contributed by atoms with Crippen LogP contribution in [0.4, 0.5) is 0 Å². The number of hydrogen-bond acceptors (Lipinski definition) is 0.